The lowest BCUT2D eigenvalue weighted by Crippen LogP contribution is -2.41. The van der Waals surface area contributed by atoms with Gasteiger partial charge in [-0.2, -0.15) is 10.2 Å². The standard InChI is InChI=1S/C45H54F2N12O7/c1-2-64-40(61)26-56-23-30(7-10-39(56)60)51-44(62)29-4-3-13-55(22-29)32-16-34(20-49-19-32)65-15-12-48-18-28-5-8-31(9-6-28)59-25-37(41(54-59)42(46)47)52-45(63)36-21-50-58-14-11-38(53-43(36)58)57-24-35-17-33(57)27-66-35/h7,10-11,14,16,19-21,23,25,28-29,31,33,35,42,48H,2-6,8-9,12-13,15,17-18,22,24,26-27H2,1H3,(H,51,62)(H,52,63)/t28?,29-,31?,33+,35+/m0/s1. The van der Waals surface area contributed by atoms with Crippen molar-refractivity contribution in [3.63, 3.8) is 0 Å². The van der Waals surface area contributed by atoms with Crippen molar-refractivity contribution in [1.29, 1.82) is 0 Å². The highest BCUT2D eigenvalue weighted by molar-refractivity contribution is 6.08. The number of rotatable bonds is 17. The molecule has 3 atom stereocenters. The molecule has 3 saturated heterocycles. The molecule has 0 unspecified atom stereocenters. The third kappa shape index (κ3) is 10.2. The van der Waals surface area contributed by atoms with Gasteiger partial charge in [-0.3, -0.25) is 28.8 Å². The van der Waals surface area contributed by atoms with Crippen molar-refractivity contribution in [3.05, 3.63) is 83.1 Å². The van der Waals surface area contributed by atoms with Crippen molar-refractivity contribution < 1.29 is 37.4 Å². The molecule has 66 heavy (non-hydrogen) atoms. The Bertz CT molecular complexity index is 2590. The molecular weight excluding hydrogens is 859 g/mol. The molecule has 5 aromatic heterocycles. The van der Waals surface area contributed by atoms with Gasteiger partial charge in [0.2, 0.25) is 5.91 Å². The summed E-state index contributed by atoms with van der Waals surface area (Å²) in [5.74, 6) is 0.141. The predicted molar refractivity (Wildman–Crippen MR) is 238 cm³/mol. The number of nitrogens with one attached hydrogen (secondary N) is 3. The van der Waals surface area contributed by atoms with Gasteiger partial charge in [0.05, 0.1) is 73.0 Å². The Morgan fingerprint density at radius 1 is 1.00 bits per heavy atom. The normalized spacial score (nSPS) is 21.7. The van der Waals surface area contributed by atoms with E-state index in [9.17, 15) is 28.0 Å². The third-order valence-corrected chi connectivity index (χ3v) is 12.9. The maximum Gasteiger partial charge on any atom is 0.326 e. The zero-order chi connectivity index (χ0) is 45.7. The summed E-state index contributed by atoms with van der Waals surface area (Å²) in [6.45, 7) is 6.07. The number of pyridine rings is 2. The number of piperidine rings is 1. The van der Waals surface area contributed by atoms with E-state index in [0.717, 1.165) is 69.7 Å². The molecular formula is C45H54F2N12O7. The highest BCUT2D eigenvalue weighted by atomic mass is 19.3. The number of carbonyl (C=O) groups is 3. The number of anilines is 4. The number of carbonyl (C=O) groups excluding carboxylic acids is 3. The summed E-state index contributed by atoms with van der Waals surface area (Å²) in [6.07, 6.45) is 12.5. The lowest BCUT2D eigenvalue weighted by molar-refractivity contribution is -0.143. The van der Waals surface area contributed by atoms with Crippen molar-refractivity contribution in [1.82, 2.24) is 39.2 Å². The van der Waals surface area contributed by atoms with Gasteiger partial charge < -0.3 is 44.5 Å². The number of hydrogen-bond donors (Lipinski definition) is 3. The predicted octanol–water partition coefficient (Wildman–Crippen LogP) is 4.47. The van der Waals surface area contributed by atoms with E-state index in [2.05, 4.69) is 40.9 Å². The fourth-order valence-electron chi connectivity index (χ4n) is 9.46. The van der Waals surface area contributed by atoms with Gasteiger partial charge in [-0.1, -0.05) is 0 Å². The topological polar surface area (TPSA) is 204 Å². The minimum atomic E-state index is -2.88. The van der Waals surface area contributed by atoms with Gasteiger partial charge in [-0.05, 0) is 76.5 Å². The number of alkyl halides is 2. The molecule has 4 aliphatic rings. The summed E-state index contributed by atoms with van der Waals surface area (Å²) in [4.78, 5) is 64.4. The van der Waals surface area contributed by atoms with E-state index in [1.165, 1.54) is 39.8 Å². The maximum absolute atomic E-state index is 14.3. The number of halogens is 2. The van der Waals surface area contributed by atoms with Crippen molar-refractivity contribution in [2.75, 3.05) is 73.0 Å². The van der Waals surface area contributed by atoms with Crippen LogP contribution in [0.5, 0.6) is 5.75 Å². The van der Waals surface area contributed by atoms with E-state index in [0.29, 0.717) is 55.7 Å². The molecule has 9 rings (SSSR count). The molecule has 21 heteroatoms. The minimum absolute atomic E-state index is 0.0274. The van der Waals surface area contributed by atoms with E-state index in [1.54, 1.807) is 30.2 Å². The fraction of sp³-hybridized carbons (Fsp3) is 0.511. The van der Waals surface area contributed by atoms with Crippen LogP contribution in [0.3, 0.4) is 0 Å². The molecule has 2 amide bonds. The molecule has 5 aromatic rings. The Morgan fingerprint density at radius 3 is 2.65 bits per heavy atom. The van der Waals surface area contributed by atoms with E-state index in [1.807, 2.05) is 12.1 Å². The Morgan fingerprint density at radius 2 is 1.86 bits per heavy atom. The largest absolute Gasteiger partial charge is 0.491 e. The molecule has 350 valence electrons. The molecule has 1 aliphatic carbocycles. The Balaban J connectivity index is 0.714. The van der Waals surface area contributed by atoms with Crippen LogP contribution >= 0.6 is 0 Å². The van der Waals surface area contributed by atoms with Gasteiger partial charge in [0.25, 0.3) is 17.9 Å². The van der Waals surface area contributed by atoms with Crippen LogP contribution in [-0.2, 0) is 25.6 Å². The second-order valence-corrected chi connectivity index (χ2v) is 17.3. The Kier molecular flexibility index (Phi) is 13.5. The Hall–Kier alpha value is -6.48. The van der Waals surface area contributed by atoms with Gasteiger partial charge in [0.1, 0.15) is 30.3 Å². The summed E-state index contributed by atoms with van der Waals surface area (Å²) in [6, 6.07) is 6.77. The smallest absolute Gasteiger partial charge is 0.326 e. The summed E-state index contributed by atoms with van der Waals surface area (Å²) in [5, 5.41) is 17.6. The van der Waals surface area contributed by atoms with Crippen LogP contribution < -0.4 is 36.0 Å². The average molecular weight is 913 g/mol. The summed E-state index contributed by atoms with van der Waals surface area (Å²) in [7, 11) is 0. The Labute approximate surface area is 378 Å². The number of hydrogen-bond acceptors (Lipinski definition) is 14. The second-order valence-electron chi connectivity index (χ2n) is 17.3. The molecule has 1 saturated carbocycles. The quantitative estimate of drug-likeness (QED) is 0.0871. The van der Waals surface area contributed by atoms with Crippen LogP contribution in [0.4, 0.5) is 31.7 Å². The van der Waals surface area contributed by atoms with Crippen LogP contribution in [0, 0.1) is 11.8 Å². The molecule has 2 bridgehead atoms. The summed E-state index contributed by atoms with van der Waals surface area (Å²) in [5.41, 5.74) is 0.928. The van der Waals surface area contributed by atoms with Gasteiger partial charge in [-0.15, -0.1) is 0 Å². The average Bonchev–Trinajstić information content (AvgIpc) is 4.15. The molecule has 4 fully saturated rings. The first-order valence-corrected chi connectivity index (χ1v) is 22.7. The first kappa shape index (κ1) is 44.7. The van der Waals surface area contributed by atoms with Gasteiger partial charge in [0, 0.05) is 56.9 Å². The van der Waals surface area contributed by atoms with Crippen LogP contribution in [0.25, 0.3) is 5.65 Å². The van der Waals surface area contributed by atoms with E-state index in [4.69, 9.17) is 19.2 Å². The zero-order valence-electron chi connectivity index (χ0n) is 36.7. The van der Waals surface area contributed by atoms with Gasteiger partial charge in [-0.25, -0.2) is 18.3 Å². The van der Waals surface area contributed by atoms with E-state index >= 15 is 0 Å². The van der Waals surface area contributed by atoms with Crippen molar-refractivity contribution >= 4 is 46.3 Å². The molecule has 8 heterocycles. The number of ether oxygens (including phenoxy) is 3. The van der Waals surface area contributed by atoms with Gasteiger partial charge in [0.15, 0.2) is 11.3 Å². The first-order chi connectivity index (χ1) is 32.1. The highest BCUT2D eigenvalue weighted by Gasteiger charge is 2.40. The number of morpholine rings is 1. The molecule has 3 aliphatic heterocycles. The molecule has 19 nitrogen and oxygen atoms in total. The molecule has 0 spiro atoms. The van der Waals surface area contributed by atoms with Crippen molar-refractivity contribution in [3.8, 4) is 5.75 Å². The number of nitrogens with zero attached hydrogens (tertiary/aromatic N) is 9. The fourth-order valence-corrected chi connectivity index (χ4v) is 9.46. The summed E-state index contributed by atoms with van der Waals surface area (Å²) < 4.78 is 49.5. The molecule has 0 aromatic carbocycles. The van der Waals surface area contributed by atoms with Crippen LogP contribution in [0.2, 0.25) is 0 Å². The van der Waals surface area contributed by atoms with Crippen LogP contribution in [0.15, 0.2) is 66.2 Å². The number of aromatic nitrogens is 7. The number of esters is 1. The van der Waals surface area contributed by atoms with Crippen LogP contribution in [-0.4, -0.2) is 116 Å². The van der Waals surface area contributed by atoms with E-state index in [-0.39, 0.29) is 60.0 Å². The number of amides is 2. The van der Waals surface area contributed by atoms with Gasteiger partial charge >= 0.3 is 5.97 Å². The SMILES string of the molecule is CCOC(=O)Cn1cc(NC(=O)[C@H]2CCCN(c3cncc(OCCNCC4CCC(n5cc(NC(=O)c6cnn7ccc(N8C[C@H]9C[C@@H]8CO9)nc67)c(C(F)F)n5)CC4)c3)C2)ccc1=O. The third-order valence-electron chi connectivity index (χ3n) is 12.9. The first-order valence-electron chi connectivity index (χ1n) is 22.7. The minimum Gasteiger partial charge on any atom is -0.491 e. The second kappa shape index (κ2) is 19.9. The zero-order valence-corrected chi connectivity index (χ0v) is 36.7. The summed E-state index contributed by atoms with van der Waals surface area (Å²) >= 11 is 0. The van der Waals surface area contributed by atoms with Crippen LogP contribution in [0.1, 0.15) is 80.4 Å². The van der Waals surface area contributed by atoms with Crippen molar-refractivity contribution in [2.45, 2.75) is 83.0 Å². The monoisotopic (exact) mass is 912 g/mol. The van der Waals surface area contributed by atoms with E-state index < -0.39 is 24.0 Å². The maximum atomic E-state index is 14.3. The highest BCUT2D eigenvalue weighted by Crippen LogP contribution is 2.36. The lowest BCUT2D eigenvalue weighted by Gasteiger charge is -2.33. The lowest BCUT2D eigenvalue weighted by atomic mass is 9.86. The molecule has 3 N–H and O–H groups in total. The number of fused-ring (bicyclic) bond motifs is 3. The van der Waals surface area contributed by atoms with Crippen molar-refractivity contribution in [2.24, 2.45) is 11.8 Å². The molecule has 0 radical (unpaired) electrons.